The molecule has 1 heterocycles. The molecule has 27 heavy (non-hydrogen) atoms. The predicted octanol–water partition coefficient (Wildman–Crippen LogP) is 5.02. The van der Waals surface area contributed by atoms with Crippen LogP contribution in [0.2, 0.25) is 0 Å². The molecule has 0 unspecified atom stereocenters. The summed E-state index contributed by atoms with van der Waals surface area (Å²) >= 11 is 1.15. The second-order valence-electron chi connectivity index (χ2n) is 5.65. The largest absolute Gasteiger partial charge is 0.496 e. The molecule has 4 nitrogen and oxygen atoms in total. The van der Waals surface area contributed by atoms with E-state index in [0.29, 0.717) is 22.1 Å². The standard InChI is InChI=1S/C19H15F3N2O2S/c1-26-16-8-3-2-5-13(16)10-17(25)24-18-23-15(11-27-18)12-6-4-7-14(9-12)19(20,21)22/h2-9,11H,10H2,1H3,(H,23,24,25). The molecule has 0 bridgehead atoms. The summed E-state index contributed by atoms with van der Waals surface area (Å²) in [4.78, 5) is 16.4. The summed E-state index contributed by atoms with van der Waals surface area (Å²) in [7, 11) is 1.53. The van der Waals surface area contributed by atoms with Crippen molar-refractivity contribution in [1.82, 2.24) is 4.98 Å². The van der Waals surface area contributed by atoms with Crippen LogP contribution in [0.25, 0.3) is 11.3 Å². The summed E-state index contributed by atoms with van der Waals surface area (Å²) in [6.45, 7) is 0. The van der Waals surface area contributed by atoms with Gasteiger partial charge in [-0.05, 0) is 18.2 Å². The predicted molar refractivity (Wildman–Crippen MR) is 97.9 cm³/mol. The zero-order valence-corrected chi connectivity index (χ0v) is 15.0. The Balaban J connectivity index is 1.72. The smallest absolute Gasteiger partial charge is 0.416 e. The number of ether oxygens (including phenoxy) is 1. The molecule has 1 N–H and O–H groups in total. The molecule has 0 atom stereocenters. The minimum atomic E-state index is -4.42. The molecule has 3 aromatic rings. The zero-order valence-electron chi connectivity index (χ0n) is 14.2. The van der Waals surface area contributed by atoms with Crippen LogP contribution in [-0.4, -0.2) is 18.0 Å². The third kappa shape index (κ3) is 4.65. The van der Waals surface area contributed by atoms with E-state index in [-0.39, 0.29) is 12.3 Å². The average Bonchev–Trinajstić information content (AvgIpc) is 3.10. The van der Waals surface area contributed by atoms with Crippen molar-refractivity contribution >= 4 is 22.4 Å². The Morgan fingerprint density at radius 3 is 2.70 bits per heavy atom. The summed E-state index contributed by atoms with van der Waals surface area (Å²) in [5.74, 6) is 0.320. The number of nitrogens with one attached hydrogen (secondary N) is 1. The molecule has 8 heteroatoms. The SMILES string of the molecule is COc1ccccc1CC(=O)Nc1nc(-c2cccc(C(F)(F)F)c2)cs1. The van der Waals surface area contributed by atoms with Gasteiger partial charge in [0.1, 0.15) is 5.75 Å². The number of aromatic nitrogens is 1. The van der Waals surface area contributed by atoms with Crippen LogP contribution < -0.4 is 10.1 Å². The van der Waals surface area contributed by atoms with Gasteiger partial charge in [-0.15, -0.1) is 11.3 Å². The van der Waals surface area contributed by atoms with E-state index in [1.807, 2.05) is 6.07 Å². The van der Waals surface area contributed by atoms with Crippen LogP contribution in [0, 0.1) is 0 Å². The maximum Gasteiger partial charge on any atom is 0.416 e. The van der Waals surface area contributed by atoms with E-state index < -0.39 is 11.7 Å². The Kier molecular flexibility index (Phi) is 5.46. The van der Waals surface area contributed by atoms with E-state index >= 15 is 0 Å². The van der Waals surface area contributed by atoms with Gasteiger partial charge in [-0.2, -0.15) is 13.2 Å². The average molecular weight is 392 g/mol. The van der Waals surface area contributed by atoms with Crippen LogP contribution in [0.15, 0.2) is 53.9 Å². The van der Waals surface area contributed by atoms with Gasteiger partial charge in [0.2, 0.25) is 5.91 Å². The molecule has 2 aromatic carbocycles. The lowest BCUT2D eigenvalue weighted by atomic mass is 10.1. The van der Waals surface area contributed by atoms with Crippen LogP contribution in [0.1, 0.15) is 11.1 Å². The van der Waals surface area contributed by atoms with E-state index in [0.717, 1.165) is 29.0 Å². The summed E-state index contributed by atoms with van der Waals surface area (Å²) in [5, 5.41) is 4.59. The van der Waals surface area contributed by atoms with Crippen molar-refractivity contribution in [3.05, 3.63) is 65.0 Å². The van der Waals surface area contributed by atoms with Gasteiger partial charge in [-0.1, -0.05) is 30.3 Å². The summed E-state index contributed by atoms with van der Waals surface area (Å²) in [6, 6.07) is 12.1. The fourth-order valence-electron chi connectivity index (χ4n) is 2.50. The molecule has 3 rings (SSSR count). The number of carbonyl (C=O) groups is 1. The van der Waals surface area contributed by atoms with Crippen molar-refractivity contribution in [2.45, 2.75) is 12.6 Å². The molecule has 140 valence electrons. The number of methoxy groups -OCH3 is 1. The van der Waals surface area contributed by atoms with Gasteiger partial charge in [0.15, 0.2) is 5.13 Å². The van der Waals surface area contributed by atoms with Crippen LogP contribution in [0.5, 0.6) is 5.75 Å². The maximum atomic E-state index is 12.8. The van der Waals surface area contributed by atoms with Crippen molar-refractivity contribution in [1.29, 1.82) is 0 Å². The molecule has 1 amide bonds. The monoisotopic (exact) mass is 392 g/mol. The molecule has 0 saturated heterocycles. The van der Waals surface area contributed by atoms with Crippen molar-refractivity contribution in [3.8, 4) is 17.0 Å². The number of hydrogen-bond acceptors (Lipinski definition) is 4. The number of rotatable bonds is 5. The van der Waals surface area contributed by atoms with Crippen molar-refractivity contribution in [3.63, 3.8) is 0 Å². The molecule has 1 aromatic heterocycles. The van der Waals surface area contributed by atoms with Gasteiger partial charge in [-0.25, -0.2) is 4.98 Å². The minimum Gasteiger partial charge on any atom is -0.496 e. The lowest BCUT2D eigenvalue weighted by Crippen LogP contribution is -2.14. The number of hydrogen-bond donors (Lipinski definition) is 1. The Morgan fingerprint density at radius 2 is 1.96 bits per heavy atom. The van der Waals surface area contributed by atoms with Crippen LogP contribution >= 0.6 is 11.3 Å². The zero-order chi connectivity index (χ0) is 19.4. The molecular weight excluding hydrogens is 377 g/mol. The van der Waals surface area contributed by atoms with Gasteiger partial charge in [0, 0.05) is 16.5 Å². The van der Waals surface area contributed by atoms with Crippen LogP contribution in [-0.2, 0) is 17.4 Å². The number of benzene rings is 2. The first kappa shape index (κ1) is 18.9. The lowest BCUT2D eigenvalue weighted by Gasteiger charge is -2.08. The van der Waals surface area contributed by atoms with Crippen molar-refractivity contribution in [2.75, 3.05) is 12.4 Å². The van der Waals surface area contributed by atoms with Crippen molar-refractivity contribution in [2.24, 2.45) is 0 Å². The first-order valence-corrected chi connectivity index (χ1v) is 8.79. The maximum absolute atomic E-state index is 12.8. The quantitative estimate of drug-likeness (QED) is 0.663. The Labute approximate surface area is 157 Å². The van der Waals surface area contributed by atoms with Gasteiger partial charge >= 0.3 is 6.18 Å². The highest BCUT2D eigenvalue weighted by Gasteiger charge is 2.30. The number of amides is 1. The number of alkyl halides is 3. The first-order chi connectivity index (χ1) is 12.9. The summed E-state index contributed by atoms with van der Waals surface area (Å²) in [6.07, 6.45) is -4.32. The van der Waals surface area contributed by atoms with Gasteiger partial charge in [-0.3, -0.25) is 4.79 Å². The number of halogens is 3. The van der Waals surface area contributed by atoms with Crippen LogP contribution in [0.3, 0.4) is 0 Å². The van der Waals surface area contributed by atoms with Crippen LogP contribution in [0.4, 0.5) is 18.3 Å². The van der Waals surface area contributed by atoms with Gasteiger partial charge < -0.3 is 10.1 Å². The highest BCUT2D eigenvalue weighted by atomic mass is 32.1. The minimum absolute atomic E-state index is 0.0997. The van der Waals surface area contributed by atoms with E-state index in [4.69, 9.17) is 4.74 Å². The second-order valence-corrected chi connectivity index (χ2v) is 6.51. The fourth-order valence-corrected chi connectivity index (χ4v) is 3.24. The molecule has 0 fully saturated rings. The van der Waals surface area contributed by atoms with E-state index in [9.17, 15) is 18.0 Å². The second kappa shape index (κ2) is 7.79. The third-order valence-corrected chi connectivity index (χ3v) is 4.54. The highest BCUT2D eigenvalue weighted by molar-refractivity contribution is 7.14. The molecule has 0 saturated carbocycles. The Hall–Kier alpha value is -2.87. The lowest BCUT2D eigenvalue weighted by molar-refractivity contribution is -0.137. The van der Waals surface area contributed by atoms with Gasteiger partial charge in [0.25, 0.3) is 0 Å². The first-order valence-electron chi connectivity index (χ1n) is 7.91. The topological polar surface area (TPSA) is 51.2 Å². The number of nitrogens with zero attached hydrogens (tertiary/aromatic N) is 1. The number of anilines is 1. The van der Waals surface area contributed by atoms with E-state index in [1.165, 1.54) is 13.2 Å². The molecule has 0 spiro atoms. The van der Waals surface area contributed by atoms with Gasteiger partial charge in [0.05, 0.1) is 24.8 Å². The molecule has 0 aliphatic heterocycles. The highest BCUT2D eigenvalue weighted by Crippen LogP contribution is 2.33. The Bertz CT molecular complexity index is 954. The van der Waals surface area contributed by atoms with E-state index in [2.05, 4.69) is 10.3 Å². The van der Waals surface area contributed by atoms with Crippen molar-refractivity contribution < 1.29 is 22.7 Å². The normalized spacial score (nSPS) is 11.3. The fraction of sp³-hybridized carbons (Fsp3) is 0.158. The third-order valence-electron chi connectivity index (χ3n) is 3.78. The number of para-hydroxylation sites is 1. The van der Waals surface area contributed by atoms with E-state index in [1.54, 1.807) is 29.6 Å². The molecule has 0 aliphatic rings. The number of carbonyl (C=O) groups excluding carboxylic acids is 1. The number of thiazole rings is 1. The Morgan fingerprint density at radius 1 is 1.19 bits per heavy atom. The molecule has 0 radical (unpaired) electrons. The summed E-state index contributed by atoms with van der Waals surface area (Å²) in [5.41, 5.74) is 0.701. The molecule has 0 aliphatic carbocycles. The summed E-state index contributed by atoms with van der Waals surface area (Å²) < 4.78 is 43.7. The molecular formula is C19H15F3N2O2S.